The first-order chi connectivity index (χ1) is 7.56. The van der Waals surface area contributed by atoms with E-state index in [9.17, 15) is 9.90 Å². The summed E-state index contributed by atoms with van der Waals surface area (Å²) in [4.78, 5) is 10.8. The van der Waals surface area contributed by atoms with Crippen LogP contribution >= 0.6 is 0 Å². The van der Waals surface area contributed by atoms with Crippen LogP contribution in [0.1, 0.15) is 19.8 Å². The molecule has 0 unspecified atom stereocenters. The van der Waals surface area contributed by atoms with E-state index in [0.29, 0.717) is 19.4 Å². The molecular formula is C11H18O5. The molecule has 1 rings (SSSR count). The summed E-state index contributed by atoms with van der Waals surface area (Å²) in [5.74, 6) is -1.14. The fraction of sp³-hybridized carbons (Fsp3) is 0.727. The first kappa shape index (κ1) is 13.2. The molecular weight excluding hydrogens is 212 g/mol. The fourth-order valence-electron chi connectivity index (χ4n) is 1.72. The molecule has 0 fully saturated rings. The molecule has 0 aromatic rings. The van der Waals surface area contributed by atoms with E-state index in [0.717, 1.165) is 0 Å². The van der Waals surface area contributed by atoms with Crippen molar-refractivity contribution in [2.75, 3.05) is 13.2 Å². The molecule has 5 heteroatoms. The lowest BCUT2D eigenvalue weighted by Gasteiger charge is -2.31. The lowest BCUT2D eigenvalue weighted by Crippen LogP contribution is -2.36. The average molecular weight is 230 g/mol. The molecule has 0 aromatic carbocycles. The monoisotopic (exact) mass is 230 g/mol. The van der Waals surface area contributed by atoms with Gasteiger partial charge in [0.15, 0.2) is 0 Å². The predicted octanol–water partition coefficient (Wildman–Crippen LogP) is 0.166. The second-order valence-electron chi connectivity index (χ2n) is 4.04. The van der Waals surface area contributed by atoms with Gasteiger partial charge in [0.2, 0.25) is 0 Å². The Bertz CT molecular complexity index is 274. The first-order valence-corrected chi connectivity index (χ1v) is 5.40. The van der Waals surface area contributed by atoms with Crippen molar-refractivity contribution in [2.24, 2.45) is 5.92 Å². The van der Waals surface area contributed by atoms with Gasteiger partial charge in [-0.25, -0.2) is 4.79 Å². The molecule has 0 saturated carbocycles. The zero-order valence-corrected chi connectivity index (χ0v) is 9.30. The Kier molecular flexibility index (Phi) is 4.92. The summed E-state index contributed by atoms with van der Waals surface area (Å²) in [6.07, 6.45) is 1.13. The van der Waals surface area contributed by atoms with Gasteiger partial charge in [0.25, 0.3) is 0 Å². The number of hydrogen-bond donors (Lipinski definition) is 3. The van der Waals surface area contributed by atoms with Gasteiger partial charge in [-0.2, -0.15) is 0 Å². The summed E-state index contributed by atoms with van der Waals surface area (Å²) < 4.78 is 5.46. The summed E-state index contributed by atoms with van der Waals surface area (Å²) >= 11 is 0. The smallest absolute Gasteiger partial charge is 0.331 e. The van der Waals surface area contributed by atoms with Crippen LogP contribution in [0.5, 0.6) is 0 Å². The first-order valence-electron chi connectivity index (χ1n) is 5.40. The number of hydrogen-bond acceptors (Lipinski definition) is 4. The summed E-state index contributed by atoms with van der Waals surface area (Å²) in [6.45, 7) is 2.25. The standard InChI is InChI=1S/C11H18O5/c1-7-9(13)5-8(11(14)15)6-10(7)16-4-2-3-12/h5,7,9-10,12-13H,2-4,6H2,1H3,(H,14,15)/t7-,9+,10-/m1/s1. The number of aliphatic carboxylic acids is 1. The van der Waals surface area contributed by atoms with Crippen molar-refractivity contribution in [3.8, 4) is 0 Å². The number of aliphatic hydroxyl groups is 2. The van der Waals surface area contributed by atoms with E-state index in [1.165, 1.54) is 6.08 Å². The minimum atomic E-state index is -1.01. The Balaban J connectivity index is 2.58. The largest absolute Gasteiger partial charge is 0.478 e. The van der Waals surface area contributed by atoms with Crippen molar-refractivity contribution in [1.29, 1.82) is 0 Å². The van der Waals surface area contributed by atoms with Crippen LogP contribution in [-0.2, 0) is 9.53 Å². The van der Waals surface area contributed by atoms with Gasteiger partial charge in [0.1, 0.15) is 0 Å². The summed E-state index contributed by atoms with van der Waals surface area (Å²) in [5, 5.41) is 27.1. The van der Waals surface area contributed by atoms with Gasteiger partial charge in [-0.1, -0.05) is 6.92 Å². The van der Waals surface area contributed by atoms with Crippen LogP contribution in [0.2, 0.25) is 0 Å². The highest BCUT2D eigenvalue weighted by atomic mass is 16.5. The van der Waals surface area contributed by atoms with Crippen molar-refractivity contribution in [3.63, 3.8) is 0 Å². The van der Waals surface area contributed by atoms with E-state index in [2.05, 4.69) is 0 Å². The van der Waals surface area contributed by atoms with Crippen molar-refractivity contribution < 1.29 is 24.9 Å². The van der Waals surface area contributed by atoms with E-state index in [4.69, 9.17) is 14.9 Å². The third-order valence-corrected chi connectivity index (χ3v) is 2.83. The van der Waals surface area contributed by atoms with Crippen LogP contribution in [0.3, 0.4) is 0 Å². The van der Waals surface area contributed by atoms with Gasteiger partial charge >= 0.3 is 5.97 Å². The molecule has 1 aliphatic rings. The van der Waals surface area contributed by atoms with E-state index < -0.39 is 12.1 Å². The number of carboxylic acids is 1. The quantitative estimate of drug-likeness (QED) is 0.586. The van der Waals surface area contributed by atoms with Crippen molar-refractivity contribution in [3.05, 3.63) is 11.6 Å². The Morgan fingerprint density at radius 2 is 2.31 bits per heavy atom. The number of rotatable bonds is 5. The minimum Gasteiger partial charge on any atom is -0.478 e. The van der Waals surface area contributed by atoms with Gasteiger partial charge in [-0.15, -0.1) is 0 Å². The van der Waals surface area contributed by atoms with Crippen molar-refractivity contribution >= 4 is 5.97 Å². The number of aliphatic hydroxyl groups excluding tert-OH is 2. The second kappa shape index (κ2) is 5.98. The lowest BCUT2D eigenvalue weighted by molar-refractivity contribution is -0.134. The molecule has 0 amide bonds. The lowest BCUT2D eigenvalue weighted by atomic mass is 9.86. The highest BCUT2D eigenvalue weighted by Crippen LogP contribution is 2.26. The SMILES string of the molecule is C[C@@H]1[C@@H](O)C=C(C(=O)O)C[C@H]1OCCCO. The van der Waals surface area contributed by atoms with Crippen LogP contribution < -0.4 is 0 Å². The molecule has 0 bridgehead atoms. The third-order valence-electron chi connectivity index (χ3n) is 2.83. The molecule has 92 valence electrons. The molecule has 16 heavy (non-hydrogen) atoms. The Hall–Kier alpha value is -0.910. The molecule has 0 aliphatic heterocycles. The highest BCUT2D eigenvalue weighted by Gasteiger charge is 2.31. The van der Waals surface area contributed by atoms with Crippen LogP contribution in [-0.4, -0.2) is 46.7 Å². The molecule has 3 N–H and O–H groups in total. The van der Waals surface area contributed by atoms with E-state index >= 15 is 0 Å². The number of carbonyl (C=O) groups is 1. The summed E-state index contributed by atoms with van der Waals surface area (Å²) in [5.41, 5.74) is 0.194. The van der Waals surface area contributed by atoms with E-state index in [1.54, 1.807) is 0 Å². The molecule has 0 spiro atoms. The van der Waals surface area contributed by atoms with Crippen molar-refractivity contribution in [1.82, 2.24) is 0 Å². The Labute approximate surface area is 94.4 Å². The maximum Gasteiger partial charge on any atom is 0.331 e. The zero-order chi connectivity index (χ0) is 12.1. The highest BCUT2D eigenvalue weighted by molar-refractivity contribution is 5.87. The van der Waals surface area contributed by atoms with Crippen LogP contribution in [0, 0.1) is 5.92 Å². The van der Waals surface area contributed by atoms with Gasteiger partial charge in [-0.05, 0) is 12.5 Å². The molecule has 5 nitrogen and oxygen atoms in total. The van der Waals surface area contributed by atoms with Gasteiger partial charge in [0.05, 0.1) is 12.2 Å². The molecule has 0 heterocycles. The number of carboxylic acid groups (broad SMARTS) is 1. The molecule has 0 aromatic heterocycles. The van der Waals surface area contributed by atoms with Crippen molar-refractivity contribution in [2.45, 2.75) is 32.0 Å². The van der Waals surface area contributed by atoms with Crippen LogP contribution in [0.15, 0.2) is 11.6 Å². The maximum atomic E-state index is 10.8. The second-order valence-corrected chi connectivity index (χ2v) is 4.04. The maximum absolute atomic E-state index is 10.8. The van der Waals surface area contributed by atoms with Gasteiger partial charge < -0.3 is 20.1 Å². The minimum absolute atomic E-state index is 0.0469. The predicted molar refractivity (Wildman–Crippen MR) is 56.9 cm³/mol. The molecule has 3 atom stereocenters. The average Bonchev–Trinajstić information content (AvgIpc) is 2.24. The van der Waals surface area contributed by atoms with Crippen LogP contribution in [0.25, 0.3) is 0 Å². The number of ether oxygens (including phenoxy) is 1. The summed E-state index contributed by atoms with van der Waals surface area (Å²) in [7, 11) is 0. The molecule has 0 saturated heterocycles. The van der Waals surface area contributed by atoms with Gasteiger partial charge in [-0.3, -0.25) is 0 Å². The normalized spacial score (nSPS) is 29.9. The van der Waals surface area contributed by atoms with Crippen LogP contribution in [0.4, 0.5) is 0 Å². The fourth-order valence-corrected chi connectivity index (χ4v) is 1.72. The van der Waals surface area contributed by atoms with E-state index in [1.807, 2.05) is 6.92 Å². The van der Waals surface area contributed by atoms with Gasteiger partial charge in [0, 0.05) is 31.1 Å². The molecule has 0 radical (unpaired) electrons. The zero-order valence-electron chi connectivity index (χ0n) is 9.30. The molecule has 1 aliphatic carbocycles. The summed E-state index contributed by atoms with van der Waals surface area (Å²) in [6, 6.07) is 0. The Morgan fingerprint density at radius 1 is 1.62 bits per heavy atom. The Morgan fingerprint density at radius 3 is 2.88 bits per heavy atom. The third kappa shape index (κ3) is 3.30. The van der Waals surface area contributed by atoms with E-state index in [-0.39, 0.29) is 24.2 Å². The topological polar surface area (TPSA) is 87.0 Å².